The van der Waals surface area contributed by atoms with Gasteiger partial charge >= 0.3 is 0 Å². The van der Waals surface area contributed by atoms with E-state index in [1.165, 1.54) is 0 Å². The lowest BCUT2D eigenvalue weighted by atomic mass is 10.1. The first-order chi connectivity index (χ1) is 8.30. The van der Waals surface area contributed by atoms with Crippen molar-refractivity contribution in [3.05, 3.63) is 40.8 Å². The van der Waals surface area contributed by atoms with Gasteiger partial charge in [-0.25, -0.2) is 22.3 Å². The average molecular weight is 277 g/mol. The van der Waals surface area contributed by atoms with Crippen molar-refractivity contribution in [1.29, 1.82) is 0 Å². The van der Waals surface area contributed by atoms with Crippen molar-refractivity contribution in [2.45, 2.75) is 4.90 Å². The molecule has 0 amide bonds. The van der Waals surface area contributed by atoms with Crippen molar-refractivity contribution in [3.63, 3.8) is 0 Å². The van der Waals surface area contributed by atoms with Gasteiger partial charge in [-0.3, -0.25) is 0 Å². The van der Waals surface area contributed by atoms with Crippen LogP contribution in [0.25, 0.3) is 5.70 Å². The van der Waals surface area contributed by atoms with Gasteiger partial charge in [0, 0.05) is 5.56 Å². The maximum absolute atomic E-state index is 13.5. The van der Waals surface area contributed by atoms with Gasteiger partial charge in [0.05, 0.1) is 5.70 Å². The van der Waals surface area contributed by atoms with Crippen LogP contribution in [0, 0.1) is 16.8 Å². The van der Waals surface area contributed by atoms with Crippen LogP contribution in [0.3, 0.4) is 0 Å². The first-order valence-electron chi connectivity index (χ1n) is 4.59. The molecule has 0 spiro atoms. The monoisotopic (exact) mass is 277 g/mol. The highest BCUT2D eigenvalue weighted by molar-refractivity contribution is 7.89. The van der Waals surface area contributed by atoms with Gasteiger partial charge in [-0.1, -0.05) is 0 Å². The number of ether oxygens (including phenoxy) is 1. The first kappa shape index (κ1) is 12.7. The van der Waals surface area contributed by atoms with E-state index >= 15 is 0 Å². The van der Waals surface area contributed by atoms with Crippen LogP contribution in [0.15, 0.2) is 23.3 Å². The Morgan fingerprint density at radius 2 is 1.89 bits per heavy atom. The van der Waals surface area contributed by atoms with Gasteiger partial charge < -0.3 is 15.0 Å². The Morgan fingerprint density at radius 3 is 2.28 bits per heavy atom. The summed E-state index contributed by atoms with van der Waals surface area (Å²) in [5.74, 6) is -2.73. The molecular weight excluding hydrogens is 270 g/mol. The van der Waals surface area contributed by atoms with Gasteiger partial charge in [0.15, 0.2) is 11.6 Å². The van der Waals surface area contributed by atoms with E-state index in [1.807, 2.05) is 0 Å². The molecule has 0 unspecified atom stereocenters. The third-order valence-corrected chi connectivity index (χ3v) is 3.19. The number of nitrogens with zero attached hydrogens (tertiary/aromatic N) is 1. The molecule has 0 saturated heterocycles. The molecule has 2 rings (SSSR count). The van der Waals surface area contributed by atoms with E-state index in [0.29, 0.717) is 17.2 Å². The topological polar surface area (TPSA) is 95.7 Å². The van der Waals surface area contributed by atoms with Crippen LogP contribution in [0.4, 0.5) is 8.78 Å². The summed E-state index contributed by atoms with van der Waals surface area (Å²) in [6.07, 6.45) is 1.03. The van der Waals surface area contributed by atoms with Crippen molar-refractivity contribution in [3.8, 4) is 0 Å². The molecule has 0 bridgehead atoms. The molecule has 18 heavy (non-hydrogen) atoms. The van der Waals surface area contributed by atoms with Crippen molar-refractivity contribution < 1.29 is 21.9 Å². The van der Waals surface area contributed by atoms with Crippen molar-refractivity contribution in [1.82, 2.24) is 5.06 Å². The Kier molecular flexibility index (Phi) is 2.97. The summed E-state index contributed by atoms with van der Waals surface area (Å²) in [5, 5.41) is 16.3. The van der Waals surface area contributed by atoms with Crippen LogP contribution < -0.4 is 5.14 Å². The van der Waals surface area contributed by atoms with Crippen LogP contribution >= 0.6 is 0 Å². The fourth-order valence-corrected chi connectivity index (χ4v) is 2.17. The van der Waals surface area contributed by atoms with Crippen LogP contribution in [0.1, 0.15) is 5.56 Å². The number of hydrogen-bond donors (Lipinski definition) is 1. The summed E-state index contributed by atoms with van der Waals surface area (Å²) in [6.45, 7) is -0.296. The Labute approximate surface area is 101 Å². The molecule has 0 aromatic heterocycles. The van der Waals surface area contributed by atoms with Crippen molar-refractivity contribution >= 4 is 15.7 Å². The van der Waals surface area contributed by atoms with E-state index in [4.69, 9.17) is 0 Å². The summed E-state index contributed by atoms with van der Waals surface area (Å²) in [7, 11) is -4.51. The van der Waals surface area contributed by atoms with Crippen LogP contribution in [-0.4, -0.2) is 20.2 Å². The van der Waals surface area contributed by atoms with Crippen molar-refractivity contribution in [2.75, 3.05) is 6.73 Å². The molecule has 2 N–H and O–H groups in total. The van der Waals surface area contributed by atoms with Gasteiger partial charge in [-0.15, -0.1) is 0 Å². The fraction of sp³-hybridized carbons (Fsp3) is 0.111. The predicted octanol–water partition coefficient (Wildman–Crippen LogP) is 0.698. The molecule has 0 radical (unpaired) electrons. The van der Waals surface area contributed by atoms with E-state index in [9.17, 15) is 22.4 Å². The fourth-order valence-electron chi connectivity index (χ4n) is 1.50. The molecule has 0 atom stereocenters. The lowest BCUT2D eigenvalue weighted by Crippen LogP contribution is -2.17. The van der Waals surface area contributed by atoms with Crippen LogP contribution in [-0.2, 0) is 14.8 Å². The van der Waals surface area contributed by atoms with E-state index < -0.39 is 26.6 Å². The highest BCUT2D eigenvalue weighted by Crippen LogP contribution is 2.27. The summed E-state index contributed by atoms with van der Waals surface area (Å²) in [4.78, 5) is -1.23. The molecule has 6 nitrogen and oxygen atoms in total. The van der Waals surface area contributed by atoms with Crippen LogP contribution in [0.5, 0.6) is 0 Å². The molecule has 9 heteroatoms. The van der Waals surface area contributed by atoms with E-state index in [0.717, 1.165) is 6.26 Å². The number of hydroxylamine groups is 2. The molecule has 0 aliphatic carbocycles. The zero-order valence-corrected chi connectivity index (χ0v) is 9.58. The largest absolute Gasteiger partial charge is 0.756 e. The average Bonchev–Trinajstić information content (AvgIpc) is 2.60. The number of hydrogen-bond acceptors (Lipinski definition) is 5. The number of rotatable bonds is 2. The number of primary sulfonamides is 1. The molecule has 1 heterocycles. The summed E-state index contributed by atoms with van der Waals surface area (Å²) < 4.78 is 53.6. The number of sulfonamides is 1. The van der Waals surface area contributed by atoms with Gasteiger partial charge in [-0.2, -0.15) is 0 Å². The minimum absolute atomic E-state index is 0.103. The number of halogens is 2. The normalized spacial score (nSPS) is 15.6. The van der Waals surface area contributed by atoms with Gasteiger partial charge in [-0.05, 0) is 12.1 Å². The Morgan fingerprint density at radius 1 is 1.33 bits per heavy atom. The highest BCUT2D eigenvalue weighted by atomic mass is 32.2. The summed E-state index contributed by atoms with van der Waals surface area (Å²) in [5.41, 5.74) is -0.237. The Balaban J connectivity index is 2.57. The minimum atomic E-state index is -4.51. The first-order valence-corrected chi connectivity index (χ1v) is 6.14. The van der Waals surface area contributed by atoms with Gasteiger partial charge in [0.2, 0.25) is 10.0 Å². The lowest BCUT2D eigenvalue weighted by molar-refractivity contribution is 0.206. The summed E-state index contributed by atoms with van der Waals surface area (Å²) in [6, 6.07) is 1.41. The second-order valence-electron chi connectivity index (χ2n) is 3.49. The molecule has 0 saturated carbocycles. The second kappa shape index (κ2) is 4.19. The number of nitrogens with two attached hydrogens (primary N) is 1. The van der Waals surface area contributed by atoms with Crippen molar-refractivity contribution in [2.24, 2.45) is 5.14 Å². The second-order valence-corrected chi connectivity index (χ2v) is 4.99. The molecule has 1 aromatic rings. The molecule has 1 aromatic carbocycles. The van der Waals surface area contributed by atoms with Gasteiger partial charge in [0.25, 0.3) is 0 Å². The summed E-state index contributed by atoms with van der Waals surface area (Å²) >= 11 is 0. The third kappa shape index (κ3) is 2.15. The molecule has 0 fully saturated rings. The lowest BCUT2D eigenvalue weighted by Gasteiger charge is -2.25. The quantitative estimate of drug-likeness (QED) is 0.858. The zero-order valence-electron chi connectivity index (χ0n) is 8.76. The Hall–Kier alpha value is -1.71. The molecule has 1 aliphatic heterocycles. The maximum atomic E-state index is 13.5. The van der Waals surface area contributed by atoms with Crippen LogP contribution in [0.2, 0.25) is 0 Å². The maximum Gasteiger partial charge on any atom is 0.243 e. The van der Waals surface area contributed by atoms with E-state index in [2.05, 4.69) is 9.88 Å². The van der Waals surface area contributed by atoms with E-state index in [1.54, 1.807) is 0 Å². The molecule has 1 aliphatic rings. The van der Waals surface area contributed by atoms with Gasteiger partial charge in [0.1, 0.15) is 17.9 Å². The predicted molar refractivity (Wildman–Crippen MR) is 56.9 cm³/mol. The smallest absolute Gasteiger partial charge is 0.243 e. The SMILES string of the molecule is NS(=O)(=O)c1c(F)cc(C2=COCN2[O-])cc1F. The highest BCUT2D eigenvalue weighted by Gasteiger charge is 2.23. The molecule has 98 valence electrons. The molecular formula is C9H7F2N2O4S-. The number of benzene rings is 1. The third-order valence-electron chi connectivity index (χ3n) is 2.23. The van der Waals surface area contributed by atoms with E-state index in [-0.39, 0.29) is 18.0 Å². The standard InChI is InChI=1S/C9H7F2N2O4S/c10-6-1-5(8-3-17-4-13(8)14)2-7(11)9(6)18(12,15)16/h1-3H,4H2,(H2,12,15,16)/q-1. The minimum Gasteiger partial charge on any atom is -0.756 e. The zero-order chi connectivity index (χ0) is 13.5. The Bertz CT molecular complexity index is 606.